The maximum Gasteiger partial charge on any atom is 0.239 e. The van der Waals surface area contributed by atoms with Crippen LogP contribution in [-0.2, 0) is 15.3 Å². The van der Waals surface area contributed by atoms with Crippen molar-refractivity contribution >= 4 is 22.4 Å². The molecule has 4 aromatic carbocycles. The van der Waals surface area contributed by atoms with Crippen molar-refractivity contribution in [3.05, 3.63) is 138 Å². The average molecular weight is 542 g/mol. The van der Waals surface area contributed by atoms with Crippen LogP contribution in [0.1, 0.15) is 42.9 Å². The first-order valence-electron chi connectivity index (χ1n) is 13.9. The molecule has 0 aliphatic carbocycles. The number of phenolic OH excluding ortho intramolecular Hbond substituents is 1. The summed E-state index contributed by atoms with van der Waals surface area (Å²) in [6.07, 6.45) is 5.48. The molecule has 0 radical (unpaired) electrons. The van der Waals surface area contributed by atoms with E-state index in [0.29, 0.717) is 23.6 Å². The van der Waals surface area contributed by atoms with Crippen molar-refractivity contribution < 1.29 is 14.6 Å². The Balaban J connectivity index is 1.43. The number of hydrogen-bond donors (Lipinski definition) is 3. The van der Waals surface area contributed by atoms with Crippen LogP contribution in [0, 0.1) is 0 Å². The molecule has 204 valence electrons. The number of unbranched alkanes of at least 4 members (excludes halogenated alkanes) is 1. The van der Waals surface area contributed by atoms with Gasteiger partial charge < -0.3 is 15.2 Å². The zero-order valence-electron chi connectivity index (χ0n) is 22.8. The van der Waals surface area contributed by atoms with E-state index in [4.69, 9.17) is 4.74 Å². The van der Waals surface area contributed by atoms with Crippen molar-refractivity contribution in [2.75, 3.05) is 0 Å². The molecule has 1 aliphatic heterocycles. The summed E-state index contributed by atoms with van der Waals surface area (Å²) in [7, 11) is 0. The average Bonchev–Trinajstić information content (AvgIpc) is 3.40. The highest BCUT2D eigenvalue weighted by molar-refractivity contribution is 5.87. The minimum absolute atomic E-state index is 0.0719. The van der Waals surface area contributed by atoms with Crippen LogP contribution in [0.3, 0.4) is 0 Å². The molecule has 41 heavy (non-hydrogen) atoms. The maximum absolute atomic E-state index is 12.9. The molecular formula is C35H31N3O3. The first kappa shape index (κ1) is 26.1. The van der Waals surface area contributed by atoms with Gasteiger partial charge in [0.05, 0.1) is 5.56 Å². The quantitative estimate of drug-likeness (QED) is 0.196. The number of benzene rings is 4. The molecule has 0 saturated carbocycles. The smallest absolute Gasteiger partial charge is 0.239 e. The predicted molar refractivity (Wildman–Crippen MR) is 161 cm³/mol. The van der Waals surface area contributed by atoms with Crippen molar-refractivity contribution in [3.63, 3.8) is 0 Å². The van der Waals surface area contributed by atoms with Gasteiger partial charge in [-0.1, -0.05) is 86.1 Å². The largest absolute Gasteiger partial charge is 0.507 e. The highest BCUT2D eigenvalue weighted by Gasteiger charge is 2.46. The molecule has 0 saturated heterocycles. The fourth-order valence-corrected chi connectivity index (χ4v) is 5.24. The summed E-state index contributed by atoms with van der Waals surface area (Å²) < 4.78 is 6.67. The third-order valence-corrected chi connectivity index (χ3v) is 7.40. The van der Waals surface area contributed by atoms with E-state index in [2.05, 4.69) is 45.9 Å². The number of phenols is 1. The van der Waals surface area contributed by atoms with E-state index in [0.717, 1.165) is 35.1 Å². The Morgan fingerprint density at radius 3 is 2.39 bits per heavy atom. The number of carbonyl (C=O) groups is 1. The number of rotatable bonds is 8. The molecule has 6 heteroatoms. The number of pyridine rings is 1. The Hall–Kier alpha value is -5.10. The second-order valence-corrected chi connectivity index (χ2v) is 10.2. The summed E-state index contributed by atoms with van der Waals surface area (Å²) >= 11 is 0. The van der Waals surface area contributed by atoms with Crippen LogP contribution in [0.15, 0.2) is 121 Å². The molecule has 5 aromatic rings. The van der Waals surface area contributed by atoms with Crippen LogP contribution < -0.4 is 10.6 Å². The van der Waals surface area contributed by atoms with Crippen molar-refractivity contribution in [2.45, 2.75) is 31.9 Å². The molecule has 1 atom stereocenters. The molecule has 0 bridgehead atoms. The monoisotopic (exact) mass is 541 g/mol. The number of hydrogen-bond acceptors (Lipinski definition) is 5. The molecule has 6 rings (SSSR count). The number of para-hydroxylation sites is 1. The van der Waals surface area contributed by atoms with Gasteiger partial charge in [0.25, 0.3) is 0 Å². The van der Waals surface area contributed by atoms with Crippen LogP contribution in [0.2, 0.25) is 0 Å². The van der Waals surface area contributed by atoms with Gasteiger partial charge in [-0.25, -0.2) is 0 Å². The number of aromatic nitrogens is 1. The normalized spacial score (nSPS) is 16.3. The number of amides is 1. The van der Waals surface area contributed by atoms with E-state index < -0.39 is 5.72 Å². The standard InChI is InChI=1S/C35H31N3O3/c1-2-3-14-32(40)37-34-33(28-11-8-21-36-23-28)38-35(41-34,30-12-6-7-13-31(30)39)29-19-17-25(18-20-29)27-16-15-24-9-4-5-10-26(24)22-27/h4-13,15-23,38-39H,2-3,14H2,1H3,(H,37,40). The third-order valence-electron chi connectivity index (χ3n) is 7.40. The Labute approximate surface area is 239 Å². The summed E-state index contributed by atoms with van der Waals surface area (Å²) in [6.45, 7) is 2.05. The maximum atomic E-state index is 12.9. The van der Waals surface area contributed by atoms with Crippen LogP contribution in [-0.4, -0.2) is 16.0 Å². The Kier molecular flexibility index (Phi) is 7.13. The lowest BCUT2D eigenvalue weighted by molar-refractivity contribution is -0.121. The van der Waals surface area contributed by atoms with Crippen molar-refractivity contribution in [3.8, 4) is 16.9 Å². The summed E-state index contributed by atoms with van der Waals surface area (Å²) in [5, 5.41) is 19.9. The molecule has 0 fully saturated rings. The molecule has 1 aromatic heterocycles. The van der Waals surface area contributed by atoms with Crippen molar-refractivity contribution in [1.29, 1.82) is 0 Å². The van der Waals surface area contributed by atoms with E-state index >= 15 is 0 Å². The van der Waals surface area contributed by atoms with E-state index in [9.17, 15) is 9.90 Å². The fraction of sp³-hybridized carbons (Fsp3) is 0.143. The number of carbonyl (C=O) groups excluding carboxylic acids is 1. The Bertz CT molecular complexity index is 1730. The zero-order chi connectivity index (χ0) is 28.2. The first-order chi connectivity index (χ1) is 20.1. The highest BCUT2D eigenvalue weighted by atomic mass is 16.5. The van der Waals surface area contributed by atoms with Gasteiger partial charge in [-0.3, -0.25) is 15.1 Å². The molecule has 1 aliphatic rings. The second kappa shape index (κ2) is 11.2. The van der Waals surface area contributed by atoms with E-state index in [-0.39, 0.29) is 11.7 Å². The number of ether oxygens (including phenoxy) is 1. The topological polar surface area (TPSA) is 83.5 Å². The van der Waals surface area contributed by atoms with Gasteiger partial charge >= 0.3 is 0 Å². The molecule has 3 N–H and O–H groups in total. The van der Waals surface area contributed by atoms with Gasteiger partial charge in [-0.05, 0) is 58.7 Å². The number of nitrogens with one attached hydrogen (secondary N) is 2. The lowest BCUT2D eigenvalue weighted by Crippen LogP contribution is -2.40. The van der Waals surface area contributed by atoms with Crippen LogP contribution in [0.4, 0.5) is 0 Å². The summed E-state index contributed by atoms with van der Waals surface area (Å²) in [5.74, 6) is 0.230. The van der Waals surface area contributed by atoms with Gasteiger partial charge in [-0.2, -0.15) is 0 Å². The molecule has 1 amide bonds. The molecule has 1 unspecified atom stereocenters. The number of fused-ring (bicyclic) bond motifs is 1. The minimum atomic E-state index is -1.30. The fourth-order valence-electron chi connectivity index (χ4n) is 5.24. The van der Waals surface area contributed by atoms with Gasteiger partial charge in [-0.15, -0.1) is 0 Å². The second-order valence-electron chi connectivity index (χ2n) is 10.2. The van der Waals surface area contributed by atoms with Gasteiger partial charge in [0.2, 0.25) is 17.5 Å². The number of nitrogens with zero attached hydrogens (tertiary/aromatic N) is 1. The van der Waals surface area contributed by atoms with E-state index in [1.54, 1.807) is 24.5 Å². The van der Waals surface area contributed by atoms with Gasteiger partial charge in [0.1, 0.15) is 11.4 Å². The summed E-state index contributed by atoms with van der Waals surface area (Å²) in [5.41, 5.74) is 3.49. The van der Waals surface area contributed by atoms with Gasteiger partial charge in [0, 0.05) is 29.9 Å². The first-order valence-corrected chi connectivity index (χ1v) is 13.9. The molecule has 2 heterocycles. The third kappa shape index (κ3) is 5.12. The van der Waals surface area contributed by atoms with Gasteiger partial charge in [0.15, 0.2) is 0 Å². The molecule has 0 spiro atoms. The van der Waals surface area contributed by atoms with Crippen molar-refractivity contribution in [2.24, 2.45) is 0 Å². The Morgan fingerprint density at radius 2 is 1.63 bits per heavy atom. The highest BCUT2D eigenvalue weighted by Crippen LogP contribution is 2.44. The van der Waals surface area contributed by atoms with Crippen molar-refractivity contribution in [1.82, 2.24) is 15.6 Å². The zero-order valence-corrected chi connectivity index (χ0v) is 22.8. The summed E-state index contributed by atoms with van der Waals surface area (Å²) in [6, 6.07) is 33.6. The molecular weight excluding hydrogens is 510 g/mol. The van der Waals surface area contributed by atoms with Crippen LogP contribution in [0.25, 0.3) is 27.6 Å². The number of aromatic hydroxyl groups is 1. The minimum Gasteiger partial charge on any atom is -0.507 e. The summed E-state index contributed by atoms with van der Waals surface area (Å²) in [4.78, 5) is 17.1. The lowest BCUT2D eigenvalue weighted by atomic mass is 9.91. The molecule has 6 nitrogen and oxygen atoms in total. The van der Waals surface area contributed by atoms with Crippen LogP contribution in [0.5, 0.6) is 5.75 Å². The van der Waals surface area contributed by atoms with E-state index in [1.165, 1.54) is 10.8 Å². The van der Waals surface area contributed by atoms with Crippen LogP contribution >= 0.6 is 0 Å². The predicted octanol–water partition coefficient (Wildman–Crippen LogP) is 7.06. The van der Waals surface area contributed by atoms with E-state index in [1.807, 2.05) is 67.6 Å². The SMILES string of the molecule is CCCCC(=O)NC1=C(c2cccnc2)NC(c2ccc(-c3ccc4ccccc4c3)cc2)(c2ccccc2O)O1. The Morgan fingerprint density at radius 1 is 0.878 bits per heavy atom. The lowest BCUT2D eigenvalue weighted by Gasteiger charge is -2.32.